The number of nitrogens with zero attached hydrogens (tertiary/aromatic N) is 1. The van der Waals surface area contributed by atoms with Crippen LogP contribution in [0.4, 0.5) is 0 Å². The molecule has 0 amide bonds. The summed E-state index contributed by atoms with van der Waals surface area (Å²) in [5, 5.41) is 9.55. The molecule has 1 aliphatic rings. The van der Waals surface area contributed by atoms with Gasteiger partial charge in [-0.3, -0.25) is 0 Å². The Bertz CT molecular complexity index is 660. The van der Waals surface area contributed by atoms with Gasteiger partial charge in [0, 0.05) is 0 Å². The Kier molecular flexibility index (Phi) is 4.80. The van der Waals surface area contributed by atoms with Crippen molar-refractivity contribution in [3.05, 3.63) is 41.5 Å². The summed E-state index contributed by atoms with van der Waals surface area (Å²) in [4.78, 5) is 0.294. The highest BCUT2D eigenvalue weighted by molar-refractivity contribution is 7.89. The van der Waals surface area contributed by atoms with Crippen LogP contribution in [-0.2, 0) is 10.0 Å². The summed E-state index contributed by atoms with van der Waals surface area (Å²) < 4.78 is 27.0. The van der Waals surface area contributed by atoms with Crippen LogP contribution in [0.1, 0.15) is 39.2 Å². The Balaban J connectivity index is 2.23. The summed E-state index contributed by atoms with van der Waals surface area (Å²) in [6.07, 6.45) is 3.64. The molecule has 5 heteroatoms. The van der Waals surface area contributed by atoms with Gasteiger partial charge in [-0.05, 0) is 52.7 Å². The van der Waals surface area contributed by atoms with Gasteiger partial charge in [0.05, 0.1) is 23.1 Å². The second-order valence-corrected chi connectivity index (χ2v) is 8.30. The van der Waals surface area contributed by atoms with Gasteiger partial charge in [0.2, 0.25) is 10.0 Å². The number of rotatable bonds is 6. The van der Waals surface area contributed by atoms with Crippen LogP contribution in [0.3, 0.4) is 0 Å². The van der Waals surface area contributed by atoms with Crippen LogP contribution in [0.5, 0.6) is 0 Å². The standard InChI is InChI=1S/C17H25NO3S/c1-13(2)6-5-11-17(4)16(12-19)18(17)22(20,21)15-9-7-14(3)8-10-15/h6-10,16,19H,5,11-12H2,1-4H3/t16-,17+,18?/m1/s1. The van der Waals surface area contributed by atoms with E-state index < -0.39 is 15.6 Å². The molecule has 1 heterocycles. The van der Waals surface area contributed by atoms with Crippen LogP contribution >= 0.6 is 0 Å². The Morgan fingerprint density at radius 2 is 1.91 bits per heavy atom. The van der Waals surface area contributed by atoms with Crippen molar-refractivity contribution in [3.63, 3.8) is 0 Å². The first kappa shape index (κ1) is 17.2. The molecule has 4 nitrogen and oxygen atoms in total. The van der Waals surface area contributed by atoms with E-state index in [1.165, 1.54) is 9.88 Å². The van der Waals surface area contributed by atoms with Crippen molar-refractivity contribution >= 4 is 10.0 Å². The van der Waals surface area contributed by atoms with Crippen LogP contribution in [-0.4, -0.2) is 36.0 Å². The van der Waals surface area contributed by atoms with Crippen LogP contribution < -0.4 is 0 Å². The van der Waals surface area contributed by atoms with Crippen molar-refractivity contribution in [1.82, 2.24) is 4.31 Å². The van der Waals surface area contributed by atoms with Gasteiger partial charge in [-0.1, -0.05) is 29.3 Å². The van der Waals surface area contributed by atoms with Gasteiger partial charge in [-0.2, -0.15) is 4.31 Å². The Morgan fingerprint density at radius 3 is 2.41 bits per heavy atom. The highest BCUT2D eigenvalue weighted by Crippen LogP contribution is 2.48. The molecule has 1 unspecified atom stereocenters. The molecular weight excluding hydrogens is 298 g/mol. The lowest BCUT2D eigenvalue weighted by Gasteiger charge is -2.12. The molecule has 3 atom stereocenters. The Labute approximate surface area is 133 Å². The molecular formula is C17H25NO3S. The summed E-state index contributed by atoms with van der Waals surface area (Å²) in [6.45, 7) is 7.75. The molecule has 1 saturated heterocycles. The third-order valence-electron chi connectivity index (χ3n) is 4.39. The molecule has 22 heavy (non-hydrogen) atoms. The first-order valence-electron chi connectivity index (χ1n) is 7.59. The van der Waals surface area contributed by atoms with Gasteiger partial charge < -0.3 is 5.11 Å². The highest BCUT2D eigenvalue weighted by atomic mass is 32.2. The summed E-state index contributed by atoms with van der Waals surface area (Å²) >= 11 is 0. The number of hydrogen-bond acceptors (Lipinski definition) is 3. The van der Waals surface area contributed by atoms with Crippen molar-refractivity contribution in [2.45, 2.75) is 57.0 Å². The molecule has 122 valence electrons. The van der Waals surface area contributed by atoms with Crippen molar-refractivity contribution < 1.29 is 13.5 Å². The van der Waals surface area contributed by atoms with Crippen molar-refractivity contribution in [1.29, 1.82) is 0 Å². The average Bonchev–Trinajstić information content (AvgIpc) is 3.04. The fraction of sp³-hybridized carbons (Fsp3) is 0.529. The van der Waals surface area contributed by atoms with Crippen molar-refractivity contribution in [2.24, 2.45) is 0 Å². The maximum absolute atomic E-state index is 12.8. The fourth-order valence-electron chi connectivity index (χ4n) is 2.94. The molecule has 1 aliphatic heterocycles. The predicted molar refractivity (Wildman–Crippen MR) is 88.1 cm³/mol. The van der Waals surface area contributed by atoms with Gasteiger partial charge >= 0.3 is 0 Å². The second kappa shape index (κ2) is 6.14. The summed E-state index contributed by atoms with van der Waals surface area (Å²) in [7, 11) is -3.55. The lowest BCUT2D eigenvalue weighted by atomic mass is 10.0. The van der Waals surface area contributed by atoms with E-state index in [0.717, 1.165) is 12.0 Å². The first-order valence-corrected chi connectivity index (χ1v) is 9.03. The molecule has 1 fully saturated rings. The van der Waals surface area contributed by atoms with E-state index >= 15 is 0 Å². The van der Waals surface area contributed by atoms with Crippen molar-refractivity contribution in [3.8, 4) is 0 Å². The number of aliphatic hydroxyl groups is 1. The molecule has 1 N–H and O–H groups in total. The van der Waals surface area contributed by atoms with E-state index in [9.17, 15) is 13.5 Å². The number of aryl methyl sites for hydroxylation is 1. The van der Waals surface area contributed by atoms with E-state index in [0.29, 0.717) is 11.3 Å². The van der Waals surface area contributed by atoms with Crippen LogP contribution in [0.2, 0.25) is 0 Å². The fourth-order valence-corrected chi connectivity index (χ4v) is 4.99. The zero-order chi connectivity index (χ0) is 16.5. The van der Waals surface area contributed by atoms with Crippen molar-refractivity contribution in [2.75, 3.05) is 6.61 Å². The predicted octanol–water partition coefficient (Wildman–Crippen LogP) is 2.87. The topological polar surface area (TPSA) is 57.4 Å². The lowest BCUT2D eigenvalue weighted by Crippen LogP contribution is -2.21. The minimum absolute atomic E-state index is 0.142. The van der Waals surface area contributed by atoms with Gasteiger partial charge in [0.25, 0.3) is 0 Å². The van der Waals surface area contributed by atoms with Crippen LogP contribution in [0.15, 0.2) is 40.8 Å². The molecule has 0 radical (unpaired) electrons. The van der Waals surface area contributed by atoms with Crippen LogP contribution in [0.25, 0.3) is 0 Å². The molecule has 1 aromatic carbocycles. The summed E-state index contributed by atoms with van der Waals surface area (Å²) in [6, 6.07) is 6.53. The zero-order valence-electron chi connectivity index (χ0n) is 13.7. The highest BCUT2D eigenvalue weighted by Gasteiger charge is 2.64. The maximum atomic E-state index is 12.8. The smallest absolute Gasteiger partial charge is 0.244 e. The number of benzene rings is 1. The van der Waals surface area contributed by atoms with E-state index in [1.807, 2.05) is 27.7 Å². The van der Waals surface area contributed by atoms with Gasteiger partial charge in [-0.25, -0.2) is 8.42 Å². The van der Waals surface area contributed by atoms with E-state index in [1.54, 1.807) is 24.3 Å². The Hall–Kier alpha value is -1.17. The van der Waals surface area contributed by atoms with E-state index in [4.69, 9.17) is 0 Å². The largest absolute Gasteiger partial charge is 0.395 e. The molecule has 2 rings (SSSR count). The monoisotopic (exact) mass is 323 g/mol. The average molecular weight is 323 g/mol. The van der Waals surface area contributed by atoms with E-state index in [-0.39, 0.29) is 12.6 Å². The molecule has 0 bridgehead atoms. The maximum Gasteiger partial charge on any atom is 0.244 e. The van der Waals surface area contributed by atoms with Gasteiger partial charge in [0.15, 0.2) is 0 Å². The van der Waals surface area contributed by atoms with Gasteiger partial charge in [0.1, 0.15) is 0 Å². The number of allylic oxidation sites excluding steroid dienone is 2. The molecule has 1 aromatic rings. The minimum Gasteiger partial charge on any atom is -0.395 e. The SMILES string of the molecule is CC(C)=CCC[C@@]1(C)[C@@H](CO)N1S(=O)(=O)c1ccc(C)cc1. The quantitative estimate of drug-likeness (QED) is 0.647. The Morgan fingerprint density at radius 1 is 1.32 bits per heavy atom. The zero-order valence-corrected chi connectivity index (χ0v) is 14.5. The van der Waals surface area contributed by atoms with Crippen LogP contribution in [0, 0.1) is 6.92 Å². The van der Waals surface area contributed by atoms with E-state index in [2.05, 4.69) is 6.08 Å². The summed E-state index contributed by atoms with van der Waals surface area (Å²) in [5.41, 5.74) is 1.75. The minimum atomic E-state index is -3.55. The molecule has 0 aromatic heterocycles. The lowest BCUT2D eigenvalue weighted by molar-refractivity contribution is 0.283. The number of hydrogen-bond donors (Lipinski definition) is 1. The van der Waals surface area contributed by atoms with Gasteiger partial charge in [-0.15, -0.1) is 0 Å². The second-order valence-electron chi connectivity index (χ2n) is 6.49. The number of aliphatic hydroxyl groups excluding tert-OH is 1. The third-order valence-corrected chi connectivity index (χ3v) is 6.45. The first-order chi connectivity index (χ1) is 10.2. The third kappa shape index (κ3) is 3.12. The molecule has 0 spiro atoms. The molecule has 0 aliphatic carbocycles. The molecule has 0 saturated carbocycles. The normalized spacial score (nSPS) is 27.5. The number of sulfonamides is 1. The summed E-state index contributed by atoms with van der Waals surface area (Å²) in [5.74, 6) is 0.